The molecule has 0 bridgehead atoms. The summed E-state index contributed by atoms with van der Waals surface area (Å²) in [5.74, 6) is -0.389. The molecule has 0 unspecified atom stereocenters. The molecule has 0 aromatic heterocycles. The Morgan fingerprint density at radius 2 is 1.89 bits per heavy atom. The molecule has 2 aromatic carbocycles. The van der Waals surface area contributed by atoms with Crippen molar-refractivity contribution in [3.8, 4) is 11.5 Å². The van der Waals surface area contributed by atoms with Crippen molar-refractivity contribution in [2.24, 2.45) is 10.8 Å². The van der Waals surface area contributed by atoms with Crippen molar-refractivity contribution < 1.29 is 24.2 Å². The average Bonchev–Trinajstić information content (AvgIpc) is 2.87. The van der Waals surface area contributed by atoms with Crippen molar-refractivity contribution in [2.75, 3.05) is 26.2 Å². The number of nitrogen functional groups attached to an aromatic ring is 1. The normalized spacial score (nSPS) is 14.2. The molecule has 5 N–H and O–H groups in total. The quantitative estimate of drug-likeness (QED) is 0.163. The Kier molecular flexibility index (Phi) is 9.44. The molecule has 1 heterocycles. The van der Waals surface area contributed by atoms with Gasteiger partial charge in [0.05, 0.1) is 6.54 Å². The van der Waals surface area contributed by atoms with E-state index < -0.39 is 5.97 Å². The van der Waals surface area contributed by atoms with Gasteiger partial charge < -0.3 is 25.6 Å². The average molecular weight is 494 g/mol. The second-order valence-electron chi connectivity index (χ2n) is 8.11. The highest BCUT2D eigenvalue weighted by molar-refractivity contribution is 5.96. The number of hydrogen-bond donors (Lipinski definition) is 4. The van der Waals surface area contributed by atoms with E-state index in [1.54, 1.807) is 48.7 Å². The van der Waals surface area contributed by atoms with Crippen LogP contribution in [0.15, 0.2) is 53.6 Å². The molecule has 3 rings (SSSR count). The van der Waals surface area contributed by atoms with Gasteiger partial charge in [0.1, 0.15) is 30.0 Å². The molecule has 2 aromatic rings. The molecule has 0 aliphatic carbocycles. The molecule has 10 heteroatoms. The van der Waals surface area contributed by atoms with Crippen LogP contribution < -0.4 is 20.5 Å². The van der Waals surface area contributed by atoms with E-state index in [4.69, 9.17) is 25.7 Å². The van der Waals surface area contributed by atoms with E-state index in [-0.39, 0.29) is 31.0 Å². The van der Waals surface area contributed by atoms with Crippen LogP contribution in [-0.4, -0.2) is 66.4 Å². The molecule has 0 saturated carbocycles. The van der Waals surface area contributed by atoms with Crippen LogP contribution in [0.3, 0.4) is 0 Å². The highest BCUT2D eigenvalue weighted by Crippen LogP contribution is 2.22. The second kappa shape index (κ2) is 12.9. The molecule has 1 fully saturated rings. The van der Waals surface area contributed by atoms with Crippen LogP contribution in [-0.2, 0) is 4.79 Å². The monoisotopic (exact) mass is 493 g/mol. The number of amides is 1. The number of rotatable bonds is 11. The van der Waals surface area contributed by atoms with Gasteiger partial charge in [-0.1, -0.05) is 12.1 Å². The number of nitrogens with one attached hydrogen (secondary N) is 2. The van der Waals surface area contributed by atoms with E-state index in [1.807, 2.05) is 11.9 Å². The van der Waals surface area contributed by atoms with Crippen LogP contribution in [0.25, 0.3) is 6.08 Å². The number of carbonyl (C=O) groups excluding carboxylic acids is 1. The zero-order valence-electron chi connectivity index (χ0n) is 20.1. The summed E-state index contributed by atoms with van der Waals surface area (Å²) in [4.78, 5) is 23.3. The lowest BCUT2D eigenvalue weighted by molar-refractivity contribution is -0.131. The van der Waals surface area contributed by atoms with E-state index in [0.29, 0.717) is 22.4 Å². The van der Waals surface area contributed by atoms with Crippen molar-refractivity contribution in [1.82, 2.24) is 10.3 Å². The maximum atomic E-state index is 12.5. The van der Waals surface area contributed by atoms with E-state index in [0.717, 1.165) is 37.8 Å². The zero-order valence-corrected chi connectivity index (χ0v) is 20.1. The summed E-state index contributed by atoms with van der Waals surface area (Å²) in [6, 6.07) is 11.8. The molecule has 1 amide bonds. The van der Waals surface area contributed by atoms with Crippen LogP contribution >= 0.6 is 0 Å². The SMILES string of the molecule is C/C=N/N1CCC(Oc2ccc(C(=O)NCCOc3cc(C(=N)N)ccc3/C=C/C(=O)O)cc2)CC1. The van der Waals surface area contributed by atoms with Gasteiger partial charge in [-0.15, -0.1) is 0 Å². The van der Waals surface area contributed by atoms with Gasteiger partial charge in [0.15, 0.2) is 0 Å². The van der Waals surface area contributed by atoms with Crippen molar-refractivity contribution >= 4 is 30.0 Å². The number of ether oxygens (including phenoxy) is 2. The molecule has 0 atom stereocenters. The second-order valence-corrected chi connectivity index (χ2v) is 8.11. The molecule has 0 spiro atoms. The van der Waals surface area contributed by atoms with Crippen molar-refractivity contribution in [2.45, 2.75) is 25.9 Å². The Labute approximate surface area is 209 Å². The number of carbonyl (C=O) groups is 2. The van der Waals surface area contributed by atoms with Crippen LogP contribution in [0.4, 0.5) is 0 Å². The standard InChI is InChI=1S/C26H31N5O5/c1-2-30-31-14-11-22(12-15-31)36-21-8-5-19(6-9-21)26(34)29-13-16-35-23-17-20(25(27)28)4-3-18(23)7-10-24(32)33/h2-10,17,22H,11-16H2,1H3,(H3,27,28)(H,29,34)(H,32,33)/b10-7+,30-2+. The summed E-state index contributed by atoms with van der Waals surface area (Å²) >= 11 is 0. The minimum Gasteiger partial charge on any atom is -0.491 e. The van der Waals surface area contributed by atoms with E-state index >= 15 is 0 Å². The van der Waals surface area contributed by atoms with Gasteiger partial charge in [-0.25, -0.2) is 4.79 Å². The van der Waals surface area contributed by atoms with Gasteiger partial charge in [-0.3, -0.25) is 15.2 Å². The Bertz CT molecular complexity index is 1120. The third-order valence-electron chi connectivity index (χ3n) is 5.49. The first-order valence-corrected chi connectivity index (χ1v) is 11.7. The third kappa shape index (κ3) is 7.86. The molecule has 0 radical (unpaired) electrons. The number of amidine groups is 1. The fourth-order valence-corrected chi connectivity index (χ4v) is 3.67. The number of carboxylic acid groups (broad SMARTS) is 1. The van der Waals surface area contributed by atoms with Crippen LogP contribution in [0, 0.1) is 5.41 Å². The minimum atomic E-state index is -1.09. The Hall–Kier alpha value is -4.34. The van der Waals surface area contributed by atoms with E-state index in [2.05, 4.69) is 10.4 Å². The number of aliphatic carboxylic acids is 1. The number of piperidine rings is 1. The van der Waals surface area contributed by atoms with Gasteiger partial charge in [-0.05, 0) is 43.3 Å². The molecule has 1 saturated heterocycles. The number of carboxylic acids is 1. The maximum absolute atomic E-state index is 12.5. The van der Waals surface area contributed by atoms with Crippen molar-refractivity contribution in [3.63, 3.8) is 0 Å². The number of benzene rings is 2. The van der Waals surface area contributed by atoms with Gasteiger partial charge in [0.25, 0.3) is 5.91 Å². The summed E-state index contributed by atoms with van der Waals surface area (Å²) in [5, 5.41) is 25.6. The number of hydrogen-bond acceptors (Lipinski definition) is 7. The lowest BCUT2D eigenvalue weighted by Crippen LogP contribution is -2.35. The number of hydrazone groups is 1. The van der Waals surface area contributed by atoms with Crippen LogP contribution in [0.5, 0.6) is 11.5 Å². The molecular weight excluding hydrogens is 462 g/mol. The predicted octanol–water partition coefficient (Wildman–Crippen LogP) is 2.73. The fourth-order valence-electron chi connectivity index (χ4n) is 3.67. The number of nitrogens with zero attached hydrogens (tertiary/aromatic N) is 2. The summed E-state index contributed by atoms with van der Waals surface area (Å²) in [6.45, 7) is 3.98. The molecule has 1 aliphatic heterocycles. The topological polar surface area (TPSA) is 150 Å². The third-order valence-corrected chi connectivity index (χ3v) is 5.49. The van der Waals surface area contributed by atoms with Crippen LogP contribution in [0.2, 0.25) is 0 Å². The fraction of sp³-hybridized carbons (Fsp3) is 0.308. The van der Waals surface area contributed by atoms with Crippen LogP contribution in [0.1, 0.15) is 41.3 Å². The molecular formula is C26H31N5O5. The van der Waals surface area contributed by atoms with E-state index in [9.17, 15) is 9.59 Å². The maximum Gasteiger partial charge on any atom is 0.328 e. The Morgan fingerprint density at radius 1 is 1.19 bits per heavy atom. The summed E-state index contributed by atoms with van der Waals surface area (Å²) in [5.41, 5.74) is 7.00. The first-order valence-electron chi connectivity index (χ1n) is 11.7. The largest absolute Gasteiger partial charge is 0.491 e. The van der Waals surface area contributed by atoms with E-state index in [1.165, 1.54) is 6.08 Å². The van der Waals surface area contributed by atoms with Crippen molar-refractivity contribution in [1.29, 1.82) is 5.41 Å². The highest BCUT2D eigenvalue weighted by Gasteiger charge is 2.19. The lowest BCUT2D eigenvalue weighted by atomic mass is 10.1. The number of nitrogens with two attached hydrogens (primary N) is 1. The van der Waals surface area contributed by atoms with Crippen molar-refractivity contribution in [3.05, 3.63) is 65.2 Å². The molecule has 36 heavy (non-hydrogen) atoms. The van der Waals surface area contributed by atoms with Gasteiger partial charge >= 0.3 is 5.97 Å². The Balaban J connectivity index is 1.48. The molecule has 10 nitrogen and oxygen atoms in total. The Morgan fingerprint density at radius 3 is 2.53 bits per heavy atom. The predicted molar refractivity (Wildman–Crippen MR) is 138 cm³/mol. The highest BCUT2D eigenvalue weighted by atomic mass is 16.5. The first kappa shape index (κ1) is 26.3. The lowest BCUT2D eigenvalue weighted by Gasteiger charge is -2.30. The minimum absolute atomic E-state index is 0.127. The molecule has 190 valence electrons. The molecule has 1 aliphatic rings. The smallest absolute Gasteiger partial charge is 0.328 e. The van der Waals surface area contributed by atoms with Gasteiger partial charge in [-0.2, -0.15) is 5.10 Å². The summed E-state index contributed by atoms with van der Waals surface area (Å²) in [6.07, 6.45) is 6.09. The summed E-state index contributed by atoms with van der Waals surface area (Å²) in [7, 11) is 0. The van der Waals surface area contributed by atoms with Gasteiger partial charge in [0.2, 0.25) is 0 Å². The summed E-state index contributed by atoms with van der Waals surface area (Å²) < 4.78 is 11.8. The van der Waals surface area contributed by atoms with Gasteiger partial charge in [0, 0.05) is 54.9 Å². The first-order chi connectivity index (χ1) is 17.4. The zero-order chi connectivity index (χ0) is 25.9.